The van der Waals surface area contributed by atoms with Crippen molar-refractivity contribution in [1.29, 1.82) is 0 Å². The molecule has 13 heteroatoms. The average Bonchev–Trinajstić information content (AvgIpc) is 2.52. The van der Waals surface area contributed by atoms with Crippen LogP contribution in [0.3, 0.4) is 0 Å². The van der Waals surface area contributed by atoms with Gasteiger partial charge in [0.1, 0.15) is 0 Å². The van der Waals surface area contributed by atoms with Gasteiger partial charge >= 0.3 is 35.6 Å². The van der Waals surface area contributed by atoms with E-state index in [4.69, 9.17) is 0 Å². The van der Waals surface area contributed by atoms with Crippen LogP contribution in [0.5, 0.6) is 0 Å². The Balaban J connectivity index is 0. The summed E-state index contributed by atoms with van der Waals surface area (Å²) in [6.45, 7) is 0. The smallest absolute Gasteiger partial charge is 0.412 e. The topological polar surface area (TPSA) is 157 Å². The summed E-state index contributed by atoms with van der Waals surface area (Å²) in [5, 5.41) is 17.1. The maximum atomic E-state index is 11.2. The molecule has 2 amide bonds. The van der Waals surface area contributed by atoms with E-state index in [9.17, 15) is 14.9 Å². The van der Waals surface area contributed by atoms with Crippen molar-refractivity contribution >= 4 is 23.9 Å². The molecule has 0 aromatic rings. The van der Waals surface area contributed by atoms with E-state index in [0.717, 1.165) is 5.01 Å². The first kappa shape index (κ1) is 19.3. The average molecular weight is 288 g/mol. The van der Waals surface area contributed by atoms with Gasteiger partial charge in [-0.05, 0) is 0 Å². The van der Waals surface area contributed by atoms with Crippen LogP contribution in [-0.2, 0) is 0 Å². The van der Waals surface area contributed by atoms with Crippen LogP contribution in [0.25, 0.3) is 0 Å². The van der Waals surface area contributed by atoms with Crippen molar-refractivity contribution in [3.63, 3.8) is 0 Å². The fraction of sp³-hybridized carbons (Fsp3) is 0.200. The molecule has 1 fully saturated rings. The Bertz CT molecular complexity index is 391. The van der Waals surface area contributed by atoms with Gasteiger partial charge in [-0.1, -0.05) is 11.9 Å². The number of fused-ring (bicyclic) bond motifs is 1. The van der Waals surface area contributed by atoms with E-state index in [-0.39, 0.29) is 46.5 Å². The molecule has 96 valence electrons. The van der Waals surface area contributed by atoms with E-state index in [1.54, 1.807) is 6.26 Å². The third-order valence-corrected chi connectivity index (χ3v) is 2.16. The molecular weight excluding hydrogens is 279 g/mol. The molecule has 2 aliphatic rings. The predicted molar refractivity (Wildman–Crippen MR) is 57.0 cm³/mol. The first-order valence-corrected chi connectivity index (χ1v) is 4.88. The van der Waals surface area contributed by atoms with Crippen LogP contribution < -0.4 is 34.9 Å². The van der Waals surface area contributed by atoms with E-state index < -0.39 is 11.1 Å². The molecule has 0 bridgehead atoms. The van der Waals surface area contributed by atoms with Gasteiger partial charge in [-0.15, -0.1) is 6.20 Å². The van der Waals surface area contributed by atoms with E-state index >= 15 is 0 Å². The number of rotatable bonds is 2. The minimum atomic E-state index is -0.861. The standard InChI is InChI=1S/C5H5N6O3S.Na.2H2O/c1-15-9-3-2-8-4(7-9)6-5(12)10(8)11(13)14;;;/h2H,1H3,(H,6,7,12);;2*1H2/q-1;+1;;. The second-order valence-electron chi connectivity index (χ2n) is 2.44. The Morgan fingerprint density at radius 3 is 2.67 bits per heavy atom. The molecule has 0 unspecified atom stereocenters. The Morgan fingerprint density at radius 2 is 2.17 bits per heavy atom. The van der Waals surface area contributed by atoms with Gasteiger partial charge in [0, 0.05) is 6.26 Å². The summed E-state index contributed by atoms with van der Waals surface area (Å²) in [7, 11) is 0. The zero-order valence-electron chi connectivity index (χ0n) is 9.45. The zero-order valence-corrected chi connectivity index (χ0v) is 12.3. The number of urea groups is 1. The van der Waals surface area contributed by atoms with Crippen LogP contribution in [0, 0.1) is 16.3 Å². The van der Waals surface area contributed by atoms with Gasteiger partial charge < -0.3 is 21.6 Å². The second-order valence-corrected chi connectivity index (χ2v) is 3.15. The summed E-state index contributed by atoms with van der Waals surface area (Å²) in [4.78, 5) is 21.7. The van der Waals surface area contributed by atoms with Gasteiger partial charge in [0.25, 0.3) is 0 Å². The number of amides is 2. The van der Waals surface area contributed by atoms with E-state index in [1.807, 2.05) is 0 Å². The molecule has 2 rings (SSSR count). The van der Waals surface area contributed by atoms with Crippen LogP contribution in [0.15, 0.2) is 11.3 Å². The number of nitrogens with zero attached hydrogens (tertiary/aromatic N) is 5. The molecule has 0 saturated carbocycles. The van der Waals surface area contributed by atoms with Crippen LogP contribution in [0.2, 0.25) is 0 Å². The van der Waals surface area contributed by atoms with Crippen LogP contribution in [0.1, 0.15) is 0 Å². The molecule has 5 N–H and O–H groups in total. The SMILES string of the molecule is CSN1[C-]=CN2C(=N1)NC(=O)N2[N+](=O)[O-].O.O.[Na+]. The third-order valence-electron chi connectivity index (χ3n) is 1.63. The predicted octanol–water partition coefficient (Wildman–Crippen LogP) is -5.09. The Hall–Kier alpha value is -1.05. The number of hydrazine groups is 2. The molecule has 0 aromatic carbocycles. The molecule has 1 saturated heterocycles. The number of carbonyl (C=O) groups is 1. The molecule has 0 atom stereocenters. The van der Waals surface area contributed by atoms with E-state index in [2.05, 4.69) is 16.6 Å². The summed E-state index contributed by atoms with van der Waals surface area (Å²) in [5.41, 5.74) is 0. The largest absolute Gasteiger partial charge is 1.00 e. The zero-order chi connectivity index (χ0) is 11.0. The maximum Gasteiger partial charge on any atom is 1.00 e. The van der Waals surface area contributed by atoms with Crippen molar-refractivity contribution in [1.82, 2.24) is 19.9 Å². The summed E-state index contributed by atoms with van der Waals surface area (Å²) in [6.07, 6.45) is 5.62. The summed E-state index contributed by atoms with van der Waals surface area (Å²) >= 11 is 1.24. The second kappa shape index (κ2) is 7.40. The molecular formula is C5H9N6NaO5S. The molecule has 18 heavy (non-hydrogen) atoms. The quantitative estimate of drug-likeness (QED) is 0.176. The number of nitrogens with one attached hydrogen (secondary N) is 1. The molecule has 0 aromatic heterocycles. The van der Waals surface area contributed by atoms with Gasteiger partial charge in [0.2, 0.25) is 5.96 Å². The van der Waals surface area contributed by atoms with Crippen molar-refractivity contribution < 1.29 is 50.3 Å². The first-order chi connectivity index (χ1) is 7.13. The number of hydrogen-bond donors (Lipinski definition) is 1. The third kappa shape index (κ3) is 3.24. The molecule has 11 nitrogen and oxygen atoms in total. The van der Waals surface area contributed by atoms with Gasteiger partial charge in [-0.25, -0.2) is 14.9 Å². The maximum absolute atomic E-state index is 11.2. The summed E-state index contributed by atoms with van der Waals surface area (Å²) in [5.74, 6) is 0.0739. The van der Waals surface area contributed by atoms with Gasteiger partial charge in [0.15, 0.2) is 5.03 Å². The van der Waals surface area contributed by atoms with E-state index in [1.165, 1.54) is 22.6 Å². The number of guanidine groups is 1. The van der Waals surface area contributed by atoms with Crippen molar-refractivity contribution in [3.05, 3.63) is 22.5 Å². The van der Waals surface area contributed by atoms with E-state index in [0.29, 0.717) is 5.12 Å². The Morgan fingerprint density at radius 1 is 1.56 bits per heavy atom. The van der Waals surface area contributed by atoms with Crippen molar-refractivity contribution in [3.8, 4) is 0 Å². The van der Waals surface area contributed by atoms with Gasteiger partial charge in [-0.3, -0.25) is 5.32 Å². The molecule has 0 aliphatic carbocycles. The summed E-state index contributed by atoms with van der Waals surface area (Å²) in [6, 6.07) is -0.861. The van der Waals surface area contributed by atoms with Crippen LogP contribution in [-0.4, -0.2) is 48.8 Å². The number of hydrazone groups is 1. The fourth-order valence-electron chi connectivity index (χ4n) is 1.04. The summed E-state index contributed by atoms with van der Waals surface area (Å²) < 4.78 is 1.34. The molecule has 2 aliphatic heterocycles. The van der Waals surface area contributed by atoms with Crippen LogP contribution >= 0.6 is 11.9 Å². The normalized spacial score (nSPS) is 15.7. The van der Waals surface area contributed by atoms with Gasteiger partial charge in [0.05, 0.1) is 5.12 Å². The number of carbonyl (C=O) groups excluding carboxylic acids is 1. The van der Waals surface area contributed by atoms with Crippen LogP contribution in [0.4, 0.5) is 4.79 Å². The fourth-order valence-corrected chi connectivity index (χ4v) is 1.35. The molecule has 0 spiro atoms. The molecule has 2 heterocycles. The minimum Gasteiger partial charge on any atom is -0.412 e. The van der Waals surface area contributed by atoms with Crippen molar-refractivity contribution in [2.24, 2.45) is 5.10 Å². The minimum absolute atomic E-state index is 0. The Labute approximate surface area is 128 Å². The van der Waals surface area contributed by atoms with Crippen molar-refractivity contribution in [2.45, 2.75) is 0 Å². The first-order valence-electron chi connectivity index (χ1n) is 3.70. The number of hydrogen-bond acceptors (Lipinski definition) is 7. The van der Waals surface area contributed by atoms with Gasteiger partial charge in [-0.2, -0.15) is 10.1 Å². The Kier molecular flexibility index (Phi) is 7.93. The monoisotopic (exact) mass is 288 g/mol. The van der Waals surface area contributed by atoms with Crippen molar-refractivity contribution in [2.75, 3.05) is 6.26 Å². The number of nitro groups is 1. The molecule has 0 radical (unpaired) electrons.